The number of rotatable bonds is 6. The molecule has 0 saturated carbocycles. The van der Waals surface area contributed by atoms with Gasteiger partial charge in [-0.1, -0.05) is 17.7 Å². The third-order valence-electron chi connectivity index (χ3n) is 3.57. The molecule has 0 radical (unpaired) electrons. The minimum atomic E-state index is -0.774. The Hall–Kier alpha value is -2.09. The second kappa shape index (κ2) is 8.84. The van der Waals surface area contributed by atoms with Crippen LogP contribution in [0.5, 0.6) is 5.75 Å². The third kappa shape index (κ3) is 5.19. The molecule has 1 atom stereocenters. The van der Waals surface area contributed by atoms with Gasteiger partial charge in [0.1, 0.15) is 5.75 Å². The van der Waals surface area contributed by atoms with E-state index in [0.717, 1.165) is 4.88 Å². The Morgan fingerprint density at radius 3 is 2.64 bits per heavy atom. The van der Waals surface area contributed by atoms with Crippen molar-refractivity contribution < 1.29 is 14.3 Å². The van der Waals surface area contributed by atoms with Crippen LogP contribution >= 0.6 is 22.9 Å². The van der Waals surface area contributed by atoms with Crippen LogP contribution < -0.4 is 15.4 Å². The summed E-state index contributed by atoms with van der Waals surface area (Å²) in [4.78, 5) is 27.3. The Labute approximate surface area is 155 Å². The number of methoxy groups -OCH3 is 1. The van der Waals surface area contributed by atoms with E-state index in [0.29, 0.717) is 23.0 Å². The molecule has 0 spiro atoms. The minimum Gasteiger partial charge on any atom is -0.495 e. The second-order valence-electron chi connectivity index (χ2n) is 5.50. The van der Waals surface area contributed by atoms with Gasteiger partial charge in [-0.25, -0.2) is 0 Å². The molecule has 0 aliphatic heterocycles. The number of benzene rings is 1. The zero-order chi connectivity index (χ0) is 18.4. The van der Waals surface area contributed by atoms with E-state index in [1.807, 2.05) is 36.5 Å². The lowest BCUT2D eigenvalue weighted by molar-refractivity contribution is -0.136. The summed E-state index contributed by atoms with van der Waals surface area (Å²) in [7, 11) is 5.32. The molecule has 134 valence electrons. The number of hydrogen-bond donors (Lipinski definition) is 2. The van der Waals surface area contributed by atoms with E-state index in [1.165, 1.54) is 13.2 Å². The highest BCUT2D eigenvalue weighted by Gasteiger charge is 2.20. The van der Waals surface area contributed by atoms with Crippen LogP contribution in [0.15, 0.2) is 35.7 Å². The number of carbonyl (C=O) groups is 2. The Balaban J connectivity index is 1.98. The maximum absolute atomic E-state index is 12.1. The van der Waals surface area contributed by atoms with Crippen molar-refractivity contribution in [3.05, 3.63) is 45.6 Å². The summed E-state index contributed by atoms with van der Waals surface area (Å²) < 4.78 is 5.15. The fourth-order valence-electron chi connectivity index (χ4n) is 2.25. The Bertz CT molecular complexity index is 735. The molecule has 0 fully saturated rings. The van der Waals surface area contributed by atoms with Crippen LogP contribution in [-0.4, -0.2) is 44.5 Å². The van der Waals surface area contributed by atoms with Gasteiger partial charge in [0.2, 0.25) is 0 Å². The first kappa shape index (κ1) is 19.2. The maximum Gasteiger partial charge on any atom is 0.313 e. The van der Waals surface area contributed by atoms with Gasteiger partial charge in [-0.05, 0) is 43.7 Å². The number of halogens is 1. The molecule has 0 aliphatic carbocycles. The summed E-state index contributed by atoms with van der Waals surface area (Å²) in [5.41, 5.74) is 0.345. The van der Waals surface area contributed by atoms with E-state index in [9.17, 15) is 9.59 Å². The van der Waals surface area contributed by atoms with Crippen molar-refractivity contribution in [3.63, 3.8) is 0 Å². The van der Waals surface area contributed by atoms with Crippen molar-refractivity contribution in [2.45, 2.75) is 6.04 Å². The summed E-state index contributed by atoms with van der Waals surface area (Å²) in [6.07, 6.45) is 0. The summed E-state index contributed by atoms with van der Waals surface area (Å²) in [6, 6.07) is 8.74. The van der Waals surface area contributed by atoms with Gasteiger partial charge >= 0.3 is 11.8 Å². The Morgan fingerprint density at radius 1 is 1.28 bits per heavy atom. The first-order valence-electron chi connectivity index (χ1n) is 7.55. The minimum absolute atomic E-state index is 0.00236. The molecule has 1 aromatic carbocycles. The molecular formula is C17H20ClN3O3S. The molecule has 0 unspecified atom stereocenters. The zero-order valence-corrected chi connectivity index (χ0v) is 15.8. The molecule has 6 nitrogen and oxygen atoms in total. The van der Waals surface area contributed by atoms with Gasteiger partial charge in [0.15, 0.2) is 0 Å². The van der Waals surface area contributed by atoms with Gasteiger partial charge in [-0.15, -0.1) is 11.3 Å². The largest absolute Gasteiger partial charge is 0.495 e. The van der Waals surface area contributed by atoms with Crippen molar-refractivity contribution in [2.24, 2.45) is 0 Å². The Morgan fingerprint density at radius 2 is 2.04 bits per heavy atom. The van der Waals surface area contributed by atoms with Crippen LogP contribution in [0.25, 0.3) is 0 Å². The number of likely N-dealkylation sites (N-methyl/N-ethyl adjacent to an activating group) is 1. The van der Waals surface area contributed by atoms with Gasteiger partial charge in [-0.3, -0.25) is 9.59 Å². The lowest BCUT2D eigenvalue weighted by Crippen LogP contribution is -2.40. The summed E-state index contributed by atoms with van der Waals surface area (Å²) in [6.45, 7) is 0.326. The van der Waals surface area contributed by atoms with E-state index in [1.54, 1.807) is 23.5 Å². The molecule has 1 aromatic heterocycles. The van der Waals surface area contributed by atoms with Gasteiger partial charge in [0.05, 0.1) is 18.8 Å². The van der Waals surface area contributed by atoms with Crippen molar-refractivity contribution in [2.75, 3.05) is 33.1 Å². The first-order valence-corrected chi connectivity index (χ1v) is 8.80. The fourth-order valence-corrected chi connectivity index (χ4v) is 3.34. The molecule has 0 aliphatic rings. The van der Waals surface area contributed by atoms with Crippen molar-refractivity contribution in [3.8, 4) is 5.75 Å². The molecule has 2 rings (SSSR count). The van der Waals surface area contributed by atoms with E-state index in [-0.39, 0.29) is 6.04 Å². The van der Waals surface area contributed by atoms with Crippen LogP contribution in [-0.2, 0) is 9.59 Å². The second-order valence-corrected chi connectivity index (χ2v) is 6.92. The topological polar surface area (TPSA) is 70.7 Å². The van der Waals surface area contributed by atoms with Gasteiger partial charge in [0, 0.05) is 16.4 Å². The smallest absolute Gasteiger partial charge is 0.313 e. The highest BCUT2D eigenvalue weighted by atomic mass is 35.5. The van der Waals surface area contributed by atoms with Crippen LogP contribution in [0, 0.1) is 0 Å². The van der Waals surface area contributed by atoms with Crippen molar-refractivity contribution in [1.29, 1.82) is 0 Å². The van der Waals surface area contributed by atoms with Crippen molar-refractivity contribution >= 4 is 40.4 Å². The van der Waals surface area contributed by atoms with Gasteiger partial charge < -0.3 is 20.3 Å². The predicted octanol–water partition coefficient (Wildman–Crippen LogP) is 2.77. The van der Waals surface area contributed by atoms with Crippen molar-refractivity contribution in [1.82, 2.24) is 10.2 Å². The molecule has 8 heteroatoms. The summed E-state index contributed by atoms with van der Waals surface area (Å²) in [5.74, 6) is -1.06. The first-order chi connectivity index (χ1) is 11.9. The number of hydrogen-bond acceptors (Lipinski definition) is 5. The van der Waals surface area contributed by atoms with Gasteiger partial charge in [0.25, 0.3) is 0 Å². The third-order valence-corrected chi connectivity index (χ3v) is 4.78. The number of thiophene rings is 1. The highest BCUT2D eigenvalue weighted by Crippen LogP contribution is 2.27. The monoisotopic (exact) mass is 381 g/mol. The quantitative estimate of drug-likeness (QED) is 0.755. The molecule has 2 aromatic rings. The molecule has 0 bridgehead atoms. The van der Waals surface area contributed by atoms with Crippen LogP contribution in [0.3, 0.4) is 0 Å². The lowest BCUT2D eigenvalue weighted by atomic mass is 10.2. The standard InChI is InChI=1S/C17H20ClN3O3S/c1-21(2)13(15-5-4-8-25-15)10-19-16(22)17(23)20-12-9-11(18)6-7-14(12)24-3/h4-9,13H,10H2,1-3H3,(H,19,22)(H,20,23)/t13-/m1/s1. The van der Waals surface area contributed by atoms with Crippen LogP contribution in [0.2, 0.25) is 5.02 Å². The zero-order valence-electron chi connectivity index (χ0n) is 14.2. The molecule has 25 heavy (non-hydrogen) atoms. The van der Waals surface area contributed by atoms with E-state index >= 15 is 0 Å². The molecule has 2 amide bonds. The Kier molecular flexibility index (Phi) is 6.81. The number of anilines is 1. The maximum atomic E-state index is 12.1. The highest BCUT2D eigenvalue weighted by molar-refractivity contribution is 7.10. The molecule has 2 N–H and O–H groups in total. The van der Waals surface area contributed by atoms with Gasteiger partial charge in [-0.2, -0.15) is 0 Å². The number of carbonyl (C=O) groups excluding carboxylic acids is 2. The SMILES string of the molecule is COc1ccc(Cl)cc1NC(=O)C(=O)NC[C@H](c1cccs1)N(C)C. The molecule has 0 saturated heterocycles. The van der Waals surface area contributed by atoms with E-state index < -0.39 is 11.8 Å². The lowest BCUT2D eigenvalue weighted by Gasteiger charge is -2.23. The molecule has 1 heterocycles. The number of nitrogens with one attached hydrogen (secondary N) is 2. The summed E-state index contributed by atoms with van der Waals surface area (Å²) >= 11 is 7.52. The normalized spacial score (nSPS) is 11.9. The van der Waals surface area contributed by atoms with E-state index in [4.69, 9.17) is 16.3 Å². The average molecular weight is 382 g/mol. The number of nitrogens with zero attached hydrogens (tertiary/aromatic N) is 1. The fraction of sp³-hybridized carbons (Fsp3) is 0.294. The molecular weight excluding hydrogens is 362 g/mol. The van der Waals surface area contributed by atoms with E-state index in [2.05, 4.69) is 10.6 Å². The number of ether oxygens (including phenoxy) is 1. The number of amides is 2. The summed E-state index contributed by atoms with van der Waals surface area (Å²) in [5, 5.41) is 7.59. The predicted molar refractivity (Wildman–Crippen MR) is 100 cm³/mol. The van der Waals surface area contributed by atoms with Crippen LogP contribution in [0.4, 0.5) is 5.69 Å². The average Bonchev–Trinajstić information content (AvgIpc) is 3.09. The van der Waals surface area contributed by atoms with Crippen LogP contribution in [0.1, 0.15) is 10.9 Å².